The number of benzene rings is 1. The molecule has 1 aromatic carbocycles. The maximum Gasteiger partial charge on any atom is 0.0972 e. The van der Waals surface area contributed by atoms with Crippen molar-refractivity contribution in [1.29, 1.82) is 0 Å². The molecule has 0 aliphatic heterocycles. The van der Waals surface area contributed by atoms with E-state index in [9.17, 15) is 0 Å². The number of hydrogen-bond donors (Lipinski definition) is 1. The van der Waals surface area contributed by atoms with Crippen LogP contribution in [0.25, 0.3) is 0 Å². The highest BCUT2D eigenvalue weighted by atomic mass is 14.9. The van der Waals surface area contributed by atoms with Crippen molar-refractivity contribution in [1.82, 2.24) is 0 Å². The molecule has 2 N–H and O–H groups in total. The van der Waals surface area contributed by atoms with Gasteiger partial charge in [0.15, 0.2) is 0 Å². The van der Waals surface area contributed by atoms with E-state index in [2.05, 4.69) is 36.2 Å². The van der Waals surface area contributed by atoms with E-state index in [4.69, 9.17) is 5.73 Å². The SMILES string of the molecule is Cc1ccc(CN=C(N)C2CC2)cc1. The van der Waals surface area contributed by atoms with Crippen LogP contribution in [0.1, 0.15) is 24.0 Å². The molecule has 0 heterocycles. The summed E-state index contributed by atoms with van der Waals surface area (Å²) in [5, 5.41) is 0. The van der Waals surface area contributed by atoms with Gasteiger partial charge in [0.05, 0.1) is 12.4 Å². The zero-order chi connectivity index (χ0) is 9.97. The van der Waals surface area contributed by atoms with Crippen molar-refractivity contribution in [3.8, 4) is 0 Å². The van der Waals surface area contributed by atoms with Gasteiger partial charge in [0.2, 0.25) is 0 Å². The van der Waals surface area contributed by atoms with Crippen molar-refractivity contribution in [3.05, 3.63) is 35.4 Å². The largest absolute Gasteiger partial charge is 0.387 e. The van der Waals surface area contributed by atoms with Gasteiger partial charge in [-0.25, -0.2) is 0 Å². The van der Waals surface area contributed by atoms with Gasteiger partial charge in [-0.15, -0.1) is 0 Å². The Balaban J connectivity index is 1.96. The molecule has 0 amide bonds. The number of aryl methyl sites for hydroxylation is 1. The Kier molecular flexibility index (Phi) is 2.53. The molecule has 0 aromatic heterocycles. The van der Waals surface area contributed by atoms with E-state index in [-0.39, 0.29) is 0 Å². The summed E-state index contributed by atoms with van der Waals surface area (Å²) in [7, 11) is 0. The molecule has 1 aromatic rings. The van der Waals surface area contributed by atoms with E-state index in [1.807, 2.05) is 0 Å². The summed E-state index contributed by atoms with van der Waals surface area (Å²) in [4.78, 5) is 4.38. The molecular weight excluding hydrogens is 172 g/mol. The molecule has 2 nitrogen and oxygen atoms in total. The summed E-state index contributed by atoms with van der Waals surface area (Å²) in [6, 6.07) is 8.44. The number of nitrogens with zero attached hydrogens (tertiary/aromatic N) is 1. The first kappa shape index (κ1) is 9.25. The highest BCUT2D eigenvalue weighted by Crippen LogP contribution is 2.28. The Morgan fingerprint density at radius 2 is 2.00 bits per heavy atom. The molecule has 0 unspecified atom stereocenters. The molecule has 0 spiro atoms. The van der Waals surface area contributed by atoms with Crippen molar-refractivity contribution >= 4 is 5.84 Å². The van der Waals surface area contributed by atoms with Crippen LogP contribution in [0.3, 0.4) is 0 Å². The quantitative estimate of drug-likeness (QED) is 0.573. The van der Waals surface area contributed by atoms with Crippen LogP contribution in [0, 0.1) is 12.8 Å². The van der Waals surface area contributed by atoms with Gasteiger partial charge in [0.1, 0.15) is 0 Å². The molecule has 74 valence electrons. The molecule has 1 saturated carbocycles. The van der Waals surface area contributed by atoms with Gasteiger partial charge in [-0.3, -0.25) is 4.99 Å². The normalized spacial score (nSPS) is 17.1. The first-order valence-corrected chi connectivity index (χ1v) is 5.11. The molecule has 1 fully saturated rings. The topological polar surface area (TPSA) is 38.4 Å². The molecule has 1 aliphatic rings. The molecule has 2 rings (SSSR count). The minimum absolute atomic E-state index is 0.584. The van der Waals surface area contributed by atoms with Gasteiger partial charge in [-0.2, -0.15) is 0 Å². The fourth-order valence-corrected chi connectivity index (χ4v) is 1.38. The maximum atomic E-state index is 5.81. The van der Waals surface area contributed by atoms with Crippen LogP contribution < -0.4 is 5.73 Å². The Labute approximate surface area is 84.9 Å². The van der Waals surface area contributed by atoms with E-state index in [0.29, 0.717) is 5.92 Å². The van der Waals surface area contributed by atoms with Crippen LogP contribution >= 0.6 is 0 Å². The lowest BCUT2D eigenvalue weighted by Gasteiger charge is -1.99. The monoisotopic (exact) mass is 188 g/mol. The Bertz CT molecular complexity index is 334. The Morgan fingerprint density at radius 3 is 2.57 bits per heavy atom. The average Bonchev–Trinajstić information content (AvgIpc) is 3.00. The van der Waals surface area contributed by atoms with Crippen molar-refractivity contribution in [3.63, 3.8) is 0 Å². The molecule has 1 aliphatic carbocycles. The number of rotatable bonds is 3. The lowest BCUT2D eigenvalue weighted by molar-refractivity contribution is 1.02. The Hall–Kier alpha value is -1.31. The van der Waals surface area contributed by atoms with Gasteiger partial charge in [0, 0.05) is 5.92 Å². The van der Waals surface area contributed by atoms with Crippen molar-refractivity contribution in [2.45, 2.75) is 26.3 Å². The number of nitrogens with two attached hydrogens (primary N) is 1. The first-order valence-electron chi connectivity index (χ1n) is 5.11. The minimum atomic E-state index is 0.584. The standard InChI is InChI=1S/C12H16N2/c1-9-2-4-10(5-3-9)8-14-12(13)11-6-7-11/h2-5,11H,6-8H2,1H3,(H2,13,14). The third-order valence-electron chi connectivity index (χ3n) is 2.56. The van der Waals surface area contributed by atoms with Crippen molar-refractivity contribution in [2.75, 3.05) is 0 Å². The second-order valence-electron chi connectivity index (χ2n) is 4.00. The third-order valence-corrected chi connectivity index (χ3v) is 2.56. The highest BCUT2D eigenvalue weighted by Gasteiger charge is 2.24. The van der Waals surface area contributed by atoms with Gasteiger partial charge in [0.25, 0.3) is 0 Å². The van der Waals surface area contributed by atoms with Crippen LogP contribution in [-0.4, -0.2) is 5.84 Å². The molecular formula is C12H16N2. The fourth-order valence-electron chi connectivity index (χ4n) is 1.38. The average molecular weight is 188 g/mol. The lowest BCUT2D eigenvalue weighted by atomic mass is 10.1. The van der Waals surface area contributed by atoms with Crippen LogP contribution in [0.2, 0.25) is 0 Å². The van der Waals surface area contributed by atoms with Crippen LogP contribution in [0.15, 0.2) is 29.3 Å². The molecule has 0 radical (unpaired) electrons. The summed E-state index contributed by atoms with van der Waals surface area (Å²) in [6.45, 7) is 2.81. The second-order valence-corrected chi connectivity index (χ2v) is 4.00. The molecule has 0 atom stereocenters. The Morgan fingerprint density at radius 1 is 1.36 bits per heavy atom. The summed E-state index contributed by atoms with van der Waals surface area (Å²) in [5.41, 5.74) is 8.33. The predicted molar refractivity (Wildman–Crippen MR) is 59.2 cm³/mol. The number of amidine groups is 1. The van der Waals surface area contributed by atoms with Crippen LogP contribution in [0.4, 0.5) is 0 Å². The molecule has 14 heavy (non-hydrogen) atoms. The molecule has 0 saturated heterocycles. The summed E-state index contributed by atoms with van der Waals surface area (Å²) >= 11 is 0. The van der Waals surface area contributed by atoms with E-state index in [0.717, 1.165) is 12.4 Å². The predicted octanol–water partition coefficient (Wildman–Crippen LogP) is 2.26. The van der Waals surface area contributed by atoms with E-state index < -0.39 is 0 Å². The fraction of sp³-hybridized carbons (Fsp3) is 0.417. The molecule has 2 heteroatoms. The van der Waals surface area contributed by atoms with E-state index in [1.165, 1.54) is 24.0 Å². The van der Waals surface area contributed by atoms with Gasteiger partial charge >= 0.3 is 0 Å². The van der Waals surface area contributed by atoms with Crippen LogP contribution in [0.5, 0.6) is 0 Å². The summed E-state index contributed by atoms with van der Waals surface area (Å²) in [5.74, 6) is 1.42. The van der Waals surface area contributed by atoms with Crippen molar-refractivity contribution in [2.24, 2.45) is 16.6 Å². The summed E-state index contributed by atoms with van der Waals surface area (Å²) in [6.07, 6.45) is 2.45. The number of hydrogen-bond acceptors (Lipinski definition) is 1. The third kappa shape index (κ3) is 2.34. The maximum absolute atomic E-state index is 5.81. The number of aliphatic imine (C=N–C) groups is 1. The van der Waals surface area contributed by atoms with Gasteiger partial charge < -0.3 is 5.73 Å². The van der Waals surface area contributed by atoms with Gasteiger partial charge in [-0.05, 0) is 25.3 Å². The van der Waals surface area contributed by atoms with Crippen LogP contribution in [-0.2, 0) is 6.54 Å². The smallest absolute Gasteiger partial charge is 0.0972 e. The van der Waals surface area contributed by atoms with Gasteiger partial charge in [-0.1, -0.05) is 29.8 Å². The second kappa shape index (κ2) is 3.82. The minimum Gasteiger partial charge on any atom is -0.387 e. The zero-order valence-corrected chi connectivity index (χ0v) is 8.53. The first-order chi connectivity index (χ1) is 6.75. The lowest BCUT2D eigenvalue weighted by Crippen LogP contribution is -2.14. The zero-order valence-electron chi connectivity index (χ0n) is 8.53. The van der Waals surface area contributed by atoms with E-state index >= 15 is 0 Å². The summed E-state index contributed by atoms with van der Waals surface area (Å²) < 4.78 is 0. The highest BCUT2D eigenvalue weighted by molar-refractivity contribution is 5.84. The van der Waals surface area contributed by atoms with Crippen molar-refractivity contribution < 1.29 is 0 Å². The van der Waals surface area contributed by atoms with E-state index in [1.54, 1.807) is 0 Å². The molecule has 0 bridgehead atoms.